The molecule has 0 saturated heterocycles. The van der Waals surface area contributed by atoms with Gasteiger partial charge in [-0.2, -0.15) is 5.26 Å². The summed E-state index contributed by atoms with van der Waals surface area (Å²) in [6.45, 7) is 8.67. The first kappa shape index (κ1) is 16.7. The molecule has 0 amide bonds. The molecule has 1 nitrogen and oxygen atoms in total. The molecule has 0 heterocycles. The average molecular weight is 245 g/mol. The predicted molar refractivity (Wildman–Crippen MR) is 80.3 cm³/mol. The predicted octanol–water partition coefficient (Wildman–Crippen LogP) is 5.71. The third-order valence-electron chi connectivity index (χ3n) is 2.87. The van der Waals surface area contributed by atoms with Crippen LogP contribution in [0.4, 0.5) is 0 Å². The Hall–Kier alpha value is -1.29. The first-order valence-corrected chi connectivity index (χ1v) is 6.88. The number of hydrogen-bond acceptors (Lipinski definition) is 1. The van der Waals surface area contributed by atoms with Crippen LogP contribution in [0.1, 0.15) is 66.2 Å². The van der Waals surface area contributed by atoms with Gasteiger partial charge in [0.2, 0.25) is 0 Å². The van der Waals surface area contributed by atoms with Gasteiger partial charge in [-0.3, -0.25) is 0 Å². The molecule has 0 unspecified atom stereocenters. The Bertz CT molecular complexity index is 346. The molecule has 0 N–H and O–H groups in total. The molecule has 0 bridgehead atoms. The van der Waals surface area contributed by atoms with Gasteiger partial charge in [-0.25, -0.2) is 0 Å². The van der Waals surface area contributed by atoms with Crippen molar-refractivity contribution in [2.45, 2.75) is 66.2 Å². The zero-order valence-electron chi connectivity index (χ0n) is 12.4. The minimum absolute atomic E-state index is 0.634. The summed E-state index contributed by atoms with van der Waals surface area (Å²) in [5, 5.41) is 8.46. The summed E-state index contributed by atoms with van der Waals surface area (Å²) in [6.07, 6.45) is 12.9. The van der Waals surface area contributed by atoms with E-state index < -0.39 is 0 Å². The van der Waals surface area contributed by atoms with Crippen molar-refractivity contribution in [1.29, 1.82) is 5.26 Å². The Kier molecular flexibility index (Phi) is 10.1. The van der Waals surface area contributed by atoms with Gasteiger partial charge >= 0.3 is 0 Å². The molecule has 0 radical (unpaired) electrons. The van der Waals surface area contributed by atoms with Crippen molar-refractivity contribution >= 4 is 0 Å². The molecular formula is C17H27N. The molecule has 0 aromatic rings. The number of rotatable bonds is 8. The fraction of sp³-hybridized carbons (Fsp3) is 0.588. The van der Waals surface area contributed by atoms with Crippen LogP contribution in [0.2, 0.25) is 0 Å². The summed E-state index contributed by atoms with van der Waals surface area (Å²) < 4.78 is 0. The van der Waals surface area contributed by atoms with E-state index in [1.165, 1.54) is 23.1 Å². The van der Waals surface area contributed by atoms with Gasteiger partial charge in [0.05, 0.1) is 6.07 Å². The van der Waals surface area contributed by atoms with Crippen LogP contribution in [-0.2, 0) is 0 Å². The second kappa shape index (κ2) is 10.8. The summed E-state index contributed by atoms with van der Waals surface area (Å²) >= 11 is 0. The third-order valence-corrected chi connectivity index (χ3v) is 2.87. The summed E-state index contributed by atoms with van der Waals surface area (Å²) in [7, 11) is 0. The van der Waals surface area contributed by atoms with Crippen molar-refractivity contribution in [3.05, 3.63) is 34.9 Å². The molecule has 0 atom stereocenters. The normalized spacial score (nSPS) is 12.2. The first-order chi connectivity index (χ1) is 8.56. The van der Waals surface area contributed by atoms with E-state index in [0.717, 1.165) is 25.7 Å². The topological polar surface area (TPSA) is 23.8 Å². The van der Waals surface area contributed by atoms with E-state index in [9.17, 15) is 0 Å². The average Bonchev–Trinajstić information content (AvgIpc) is 2.29. The fourth-order valence-corrected chi connectivity index (χ4v) is 1.72. The summed E-state index contributed by atoms with van der Waals surface area (Å²) in [5.41, 5.74) is 4.29. The Balaban J connectivity index is 3.83. The van der Waals surface area contributed by atoms with Crippen LogP contribution in [0.3, 0.4) is 0 Å². The molecule has 0 saturated carbocycles. The Morgan fingerprint density at radius 2 is 1.33 bits per heavy atom. The van der Waals surface area contributed by atoms with Gasteiger partial charge in [0, 0.05) is 6.42 Å². The van der Waals surface area contributed by atoms with E-state index in [2.05, 4.69) is 52.0 Å². The van der Waals surface area contributed by atoms with Crippen LogP contribution in [0.15, 0.2) is 34.9 Å². The summed E-state index contributed by atoms with van der Waals surface area (Å²) in [6, 6.07) is 2.17. The van der Waals surface area contributed by atoms with E-state index in [-0.39, 0.29) is 0 Å². The van der Waals surface area contributed by atoms with E-state index in [1.807, 2.05) is 0 Å². The third kappa shape index (κ3) is 11.2. The molecule has 100 valence electrons. The summed E-state index contributed by atoms with van der Waals surface area (Å²) in [4.78, 5) is 0. The molecule has 0 aromatic heterocycles. The minimum atomic E-state index is 0.634. The first-order valence-electron chi connectivity index (χ1n) is 6.88. The lowest BCUT2D eigenvalue weighted by Gasteiger charge is -2.01. The highest BCUT2D eigenvalue weighted by atomic mass is 14.2. The monoisotopic (exact) mass is 245 g/mol. The highest BCUT2D eigenvalue weighted by molar-refractivity contribution is 5.05. The van der Waals surface area contributed by atoms with Crippen molar-refractivity contribution in [3.8, 4) is 6.07 Å². The molecule has 1 heteroatoms. The van der Waals surface area contributed by atoms with Crippen molar-refractivity contribution < 1.29 is 0 Å². The second-order valence-electron chi connectivity index (χ2n) is 5.16. The van der Waals surface area contributed by atoms with Gasteiger partial charge in [-0.1, -0.05) is 34.9 Å². The van der Waals surface area contributed by atoms with Crippen molar-refractivity contribution in [1.82, 2.24) is 0 Å². The molecule has 0 spiro atoms. The quantitative estimate of drug-likeness (QED) is 0.397. The largest absolute Gasteiger partial charge is 0.198 e. The molecule has 0 rings (SSSR count). The molecule has 0 aliphatic heterocycles. The van der Waals surface area contributed by atoms with Gasteiger partial charge in [0.15, 0.2) is 0 Å². The van der Waals surface area contributed by atoms with Crippen molar-refractivity contribution in [3.63, 3.8) is 0 Å². The number of allylic oxidation sites excluding steroid dienone is 6. The zero-order valence-corrected chi connectivity index (χ0v) is 12.4. The number of hydrogen-bond donors (Lipinski definition) is 0. The van der Waals surface area contributed by atoms with E-state index >= 15 is 0 Å². The van der Waals surface area contributed by atoms with E-state index in [1.54, 1.807) is 0 Å². The van der Waals surface area contributed by atoms with Crippen LogP contribution < -0.4 is 0 Å². The molecule has 0 fully saturated rings. The minimum Gasteiger partial charge on any atom is -0.198 e. The molecule has 0 aliphatic rings. The molecular weight excluding hydrogens is 218 g/mol. The molecule has 18 heavy (non-hydrogen) atoms. The van der Waals surface area contributed by atoms with Gasteiger partial charge in [0.1, 0.15) is 0 Å². The maximum absolute atomic E-state index is 8.46. The maximum atomic E-state index is 8.46. The summed E-state index contributed by atoms with van der Waals surface area (Å²) in [5.74, 6) is 0. The van der Waals surface area contributed by atoms with Crippen LogP contribution in [-0.4, -0.2) is 0 Å². The number of nitrogens with zero attached hydrogens (tertiary/aromatic N) is 1. The van der Waals surface area contributed by atoms with Crippen molar-refractivity contribution in [2.24, 2.45) is 0 Å². The van der Waals surface area contributed by atoms with Crippen LogP contribution in [0.25, 0.3) is 0 Å². The molecule has 0 aliphatic carbocycles. The Morgan fingerprint density at radius 1 is 0.833 bits per heavy atom. The standard InChI is InChI=1S/C17H27N/c1-15(2)9-7-11-17(4)13-8-12-16(3)10-5-6-14-18/h9-10,13H,5-8,11-12H2,1-4H3. The highest BCUT2D eigenvalue weighted by Crippen LogP contribution is 2.11. The zero-order chi connectivity index (χ0) is 13.8. The fourth-order valence-electron chi connectivity index (χ4n) is 1.72. The van der Waals surface area contributed by atoms with Crippen LogP contribution >= 0.6 is 0 Å². The second-order valence-corrected chi connectivity index (χ2v) is 5.16. The van der Waals surface area contributed by atoms with Crippen LogP contribution in [0, 0.1) is 11.3 Å². The smallest absolute Gasteiger partial charge is 0.0625 e. The van der Waals surface area contributed by atoms with Gasteiger partial charge < -0.3 is 0 Å². The lowest BCUT2D eigenvalue weighted by Crippen LogP contribution is -1.81. The number of nitriles is 1. The number of unbranched alkanes of at least 4 members (excludes halogenated alkanes) is 1. The van der Waals surface area contributed by atoms with Gasteiger partial charge in [-0.15, -0.1) is 0 Å². The van der Waals surface area contributed by atoms with Gasteiger partial charge in [-0.05, 0) is 59.8 Å². The Morgan fingerprint density at radius 3 is 1.83 bits per heavy atom. The molecule has 0 aromatic carbocycles. The lowest BCUT2D eigenvalue weighted by molar-refractivity contribution is 0.908. The van der Waals surface area contributed by atoms with E-state index in [4.69, 9.17) is 5.26 Å². The van der Waals surface area contributed by atoms with Gasteiger partial charge in [0.25, 0.3) is 0 Å². The Labute approximate surface area is 113 Å². The van der Waals surface area contributed by atoms with Crippen molar-refractivity contribution in [2.75, 3.05) is 0 Å². The maximum Gasteiger partial charge on any atom is 0.0625 e. The lowest BCUT2D eigenvalue weighted by atomic mass is 10.1. The van der Waals surface area contributed by atoms with Crippen LogP contribution in [0.5, 0.6) is 0 Å². The SMILES string of the molecule is CC(C)=CCCC(C)=CCCC(C)=CCCC#N. The highest BCUT2D eigenvalue weighted by Gasteiger charge is 1.91. The van der Waals surface area contributed by atoms with E-state index in [0.29, 0.717) is 6.42 Å².